The molecule has 0 aliphatic rings. The van der Waals surface area contributed by atoms with Gasteiger partial charge in [-0.1, -0.05) is 22.9 Å². The highest BCUT2D eigenvalue weighted by Gasteiger charge is 2.04. The lowest BCUT2D eigenvalue weighted by molar-refractivity contribution is 0.298. The SMILES string of the molecule is CCCNCc1ccc(OCc2cc(Br)ccc2F)cn1. The van der Waals surface area contributed by atoms with Gasteiger partial charge in [0, 0.05) is 16.6 Å². The predicted molar refractivity (Wildman–Crippen MR) is 84.7 cm³/mol. The highest BCUT2D eigenvalue weighted by Crippen LogP contribution is 2.18. The molecule has 0 amide bonds. The van der Waals surface area contributed by atoms with Crippen LogP contribution in [-0.4, -0.2) is 11.5 Å². The molecule has 21 heavy (non-hydrogen) atoms. The van der Waals surface area contributed by atoms with Crippen molar-refractivity contribution in [2.24, 2.45) is 0 Å². The van der Waals surface area contributed by atoms with E-state index in [4.69, 9.17) is 4.74 Å². The van der Waals surface area contributed by atoms with Gasteiger partial charge in [-0.2, -0.15) is 0 Å². The van der Waals surface area contributed by atoms with Crippen LogP contribution in [0.25, 0.3) is 0 Å². The van der Waals surface area contributed by atoms with E-state index < -0.39 is 0 Å². The second-order valence-corrected chi connectivity index (χ2v) is 5.60. The van der Waals surface area contributed by atoms with Crippen LogP contribution in [0.3, 0.4) is 0 Å². The second-order valence-electron chi connectivity index (χ2n) is 4.69. The molecule has 0 saturated heterocycles. The molecule has 2 rings (SSSR count). The zero-order valence-corrected chi connectivity index (χ0v) is 13.5. The Kier molecular flexibility index (Phi) is 6.14. The molecule has 112 valence electrons. The number of rotatable bonds is 7. The zero-order chi connectivity index (χ0) is 15.1. The maximum absolute atomic E-state index is 13.6. The van der Waals surface area contributed by atoms with E-state index in [0.717, 1.165) is 29.7 Å². The van der Waals surface area contributed by atoms with E-state index in [1.807, 2.05) is 12.1 Å². The fourth-order valence-electron chi connectivity index (χ4n) is 1.81. The number of nitrogens with zero attached hydrogens (tertiary/aromatic N) is 1. The molecule has 3 nitrogen and oxygen atoms in total. The number of aromatic nitrogens is 1. The number of benzene rings is 1. The monoisotopic (exact) mass is 352 g/mol. The Labute approximate surface area is 132 Å². The summed E-state index contributed by atoms with van der Waals surface area (Å²) in [5.41, 5.74) is 1.47. The summed E-state index contributed by atoms with van der Waals surface area (Å²) in [7, 11) is 0. The van der Waals surface area contributed by atoms with Crippen molar-refractivity contribution in [2.75, 3.05) is 6.54 Å². The molecule has 0 fully saturated rings. The molecule has 0 atom stereocenters. The molecule has 1 aromatic carbocycles. The van der Waals surface area contributed by atoms with Crippen LogP contribution in [0.1, 0.15) is 24.6 Å². The van der Waals surface area contributed by atoms with E-state index in [1.165, 1.54) is 6.07 Å². The number of halogens is 2. The van der Waals surface area contributed by atoms with Gasteiger partial charge >= 0.3 is 0 Å². The second kappa shape index (κ2) is 8.10. The summed E-state index contributed by atoms with van der Waals surface area (Å²) in [6.07, 6.45) is 2.76. The normalized spacial score (nSPS) is 10.6. The van der Waals surface area contributed by atoms with Crippen molar-refractivity contribution < 1.29 is 9.13 Å². The maximum Gasteiger partial charge on any atom is 0.138 e. The molecular formula is C16H18BrFN2O. The van der Waals surface area contributed by atoms with E-state index in [2.05, 4.69) is 33.2 Å². The first kappa shape index (κ1) is 15.9. The number of hydrogen-bond acceptors (Lipinski definition) is 3. The molecule has 0 aliphatic carbocycles. The lowest BCUT2D eigenvalue weighted by Gasteiger charge is -2.08. The van der Waals surface area contributed by atoms with Gasteiger partial charge in [0.1, 0.15) is 18.2 Å². The third kappa shape index (κ3) is 5.10. The van der Waals surface area contributed by atoms with E-state index in [0.29, 0.717) is 11.3 Å². The van der Waals surface area contributed by atoms with Crippen LogP contribution in [-0.2, 0) is 13.2 Å². The zero-order valence-electron chi connectivity index (χ0n) is 11.9. The van der Waals surface area contributed by atoms with Gasteiger partial charge < -0.3 is 10.1 Å². The van der Waals surface area contributed by atoms with Gasteiger partial charge in [0.15, 0.2) is 0 Å². The van der Waals surface area contributed by atoms with E-state index >= 15 is 0 Å². The molecule has 1 aromatic heterocycles. The third-order valence-electron chi connectivity index (χ3n) is 2.93. The van der Waals surface area contributed by atoms with Crippen LogP contribution >= 0.6 is 15.9 Å². The Hall–Kier alpha value is -1.46. The summed E-state index contributed by atoms with van der Waals surface area (Å²) in [6, 6.07) is 8.56. The lowest BCUT2D eigenvalue weighted by atomic mass is 10.2. The highest BCUT2D eigenvalue weighted by molar-refractivity contribution is 9.10. The fraction of sp³-hybridized carbons (Fsp3) is 0.312. The van der Waals surface area contributed by atoms with Crippen molar-refractivity contribution in [2.45, 2.75) is 26.5 Å². The molecule has 1 heterocycles. The van der Waals surface area contributed by atoms with E-state index in [-0.39, 0.29) is 12.4 Å². The Morgan fingerprint density at radius 2 is 2.14 bits per heavy atom. The smallest absolute Gasteiger partial charge is 0.138 e. The van der Waals surface area contributed by atoms with Crippen LogP contribution in [0.2, 0.25) is 0 Å². The largest absolute Gasteiger partial charge is 0.487 e. The Bertz CT molecular complexity index is 575. The predicted octanol–water partition coefficient (Wildman–Crippen LogP) is 4.06. The average Bonchev–Trinajstić information content (AvgIpc) is 2.50. The van der Waals surface area contributed by atoms with Crippen molar-refractivity contribution >= 4 is 15.9 Å². The molecule has 0 saturated carbocycles. The third-order valence-corrected chi connectivity index (χ3v) is 3.43. The molecule has 0 aliphatic heterocycles. The summed E-state index contributed by atoms with van der Waals surface area (Å²) in [6.45, 7) is 4.02. The van der Waals surface area contributed by atoms with Crippen LogP contribution in [0.4, 0.5) is 4.39 Å². The van der Waals surface area contributed by atoms with Gasteiger partial charge in [0.05, 0.1) is 11.9 Å². The van der Waals surface area contributed by atoms with Crippen molar-refractivity contribution in [1.82, 2.24) is 10.3 Å². The van der Waals surface area contributed by atoms with Gasteiger partial charge in [0.25, 0.3) is 0 Å². The van der Waals surface area contributed by atoms with Crippen molar-refractivity contribution in [3.8, 4) is 5.75 Å². The number of hydrogen-bond donors (Lipinski definition) is 1. The van der Waals surface area contributed by atoms with Crippen molar-refractivity contribution in [1.29, 1.82) is 0 Å². The minimum atomic E-state index is -0.272. The topological polar surface area (TPSA) is 34.1 Å². The number of ether oxygens (including phenoxy) is 1. The standard InChI is InChI=1S/C16H18BrFN2O/c1-2-7-19-9-14-4-5-15(10-20-14)21-11-12-8-13(17)3-6-16(12)18/h3-6,8,10,19H,2,7,9,11H2,1H3. The Balaban J connectivity index is 1.90. The van der Waals surface area contributed by atoms with Crippen LogP contribution in [0, 0.1) is 5.82 Å². The molecule has 2 aromatic rings. The summed E-state index contributed by atoms with van der Waals surface area (Å²) >= 11 is 3.32. The van der Waals surface area contributed by atoms with Gasteiger partial charge in [-0.05, 0) is 43.3 Å². The highest BCUT2D eigenvalue weighted by atomic mass is 79.9. The summed E-state index contributed by atoms with van der Waals surface area (Å²) in [4.78, 5) is 4.31. The summed E-state index contributed by atoms with van der Waals surface area (Å²) in [5.74, 6) is 0.361. The lowest BCUT2D eigenvalue weighted by Crippen LogP contribution is -2.14. The Morgan fingerprint density at radius 1 is 1.29 bits per heavy atom. The first-order chi connectivity index (χ1) is 10.2. The van der Waals surface area contributed by atoms with E-state index in [9.17, 15) is 4.39 Å². The molecule has 1 N–H and O–H groups in total. The molecule has 0 bridgehead atoms. The molecule has 0 unspecified atom stereocenters. The average molecular weight is 353 g/mol. The molecule has 0 spiro atoms. The van der Waals surface area contributed by atoms with Crippen molar-refractivity contribution in [3.63, 3.8) is 0 Å². The first-order valence-corrected chi connectivity index (χ1v) is 7.70. The van der Waals surface area contributed by atoms with Crippen LogP contribution in [0.5, 0.6) is 5.75 Å². The molecule has 0 radical (unpaired) electrons. The van der Waals surface area contributed by atoms with Gasteiger partial charge in [-0.15, -0.1) is 0 Å². The summed E-state index contributed by atoms with van der Waals surface area (Å²) in [5, 5.41) is 3.28. The van der Waals surface area contributed by atoms with Gasteiger partial charge in [-0.25, -0.2) is 4.39 Å². The number of nitrogens with one attached hydrogen (secondary N) is 1. The minimum Gasteiger partial charge on any atom is -0.487 e. The minimum absolute atomic E-state index is 0.181. The van der Waals surface area contributed by atoms with Crippen LogP contribution in [0.15, 0.2) is 41.0 Å². The quantitative estimate of drug-likeness (QED) is 0.763. The number of pyridine rings is 1. The first-order valence-electron chi connectivity index (χ1n) is 6.91. The van der Waals surface area contributed by atoms with Crippen LogP contribution < -0.4 is 10.1 Å². The van der Waals surface area contributed by atoms with Gasteiger partial charge in [0.2, 0.25) is 0 Å². The fourth-order valence-corrected chi connectivity index (χ4v) is 2.22. The van der Waals surface area contributed by atoms with E-state index in [1.54, 1.807) is 18.3 Å². The molecule has 5 heteroatoms. The summed E-state index contributed by atoms with van der Waals surface area (Å²) < 4.78 is 20.0. The van der Waals surface area contributed by atoms with Crippen molar-refractivity contribution in [3.05, 3.63) is 58.1 Å². The molecular weight excluding hydrogens is 335 g/mol. The van der Waals surface area contributed by atoms with Gasteiger partial charge in [-0.3, -0.25) is 4.98 Å². The maximum atomic E-state index is 13.6. The Morgan fingerprint density at radius 3 is 2.86 bits per heavy atom.